The Labute approximate surface area is 140 Å². The van der Waals surface area contributed by atoms with Crippen molar-refractivity contribution in [2.45, 2.75) is 33.1 Å². The van der Waals surface area contributed by atoms with Gasteiger partial charge in [0.25, 0.3) is 0 Å². The summed E-state index contributed by atoms with van der Waals surface area (Å²) in [6, 6.07) is 8.52. The van der Waals surface area contributed by atoms with Crippen molar-refractivity contribution in [3.63, 3.8) is 0 Å². The SMILES string of the molecule is CCCNCC(Cc1csc(C)n1)Cc1ccccc1Br. The third-order valence-electron chi connectivity index (χ3n) is 3.49. The summed E-state index contributed by atoms with van der Waals surface area (Å²) in [5, 5.41) is 6.92. The summed E-state index contributed by atoms with van der Waals surface area (Å²) in [5.41, 5.74) is 2.61. The van der Waals surface area contributed by atoms with Crippen LogP contribution >= 0.6 is 27.3 Å². The van der Waals surface area contributed by atoms with Crippen LogP contribution in [0.2, 0.25) is 0 Å². The molecule has 0 fully saturated rings. The van der Waals surface area contributed by atoms with Crippen molar-refractivity contribution in [1.82, 2.24) is 10.3 Å². The fourth-order valence-electron chi connectivity index (χ4n) is 2.47. The van der Waals surface area contributed by atoms with Gasteiger partial charge < -0.3 is 5.32 Å². The molecule has 1 aromatic heterocycles. The summed E-state index contributed by atoms with van der Waals surface area (Å²) >= 11 is 5.41. The number of benzene rings is 1. The Morgan fingerprint density at radius 3 is 2.76 bits per heavy atom. The maximum absolute atomic E-state index is 4.62. The molecule has 1 aromatic carbocycles. The predicted molar refractivity (Wildman–Crippen MR) is 95.1 cm³/mol. The molecule has 4 heteroatoms. The van der Waals surface area contributed by atoms with Gasteiger partial charge >= 0.3 is 0 Å². The van der Waals surface area contributed by atoms with Gasteiger partial charge in [-0.1, -0.05) is 41.1 Å². The molecule has 2 aromatic rings. The lowest BCUT2D eigenvalue weighted by Crippen LogP contribution is -2.26. The van der Waals surface area contributed by atoms with Gasteiger partial charge in [0.2, 0.25) is 0 Å². The fourth-order valence-corrected chi connectivity index (χ4v) is 3.54. The summed E-state index contributed by atoms with van der Waals surface area (Å²) < 4.78 is 1.21. The number of thiazole rings is 1. The van der Waals surface area contributed by atoms with Crippen molar-refractivity contribution >= 4 is 27.3 Å². The second-order valence-corrected chi connectivity index (χ2v) is 7.34. The minimum absolute atomic E-state index is 0.580. The molecule has 0 amide bonds. The van der Waals surface area contributed by atoms with E-state index in [0.29, 0.717) is 5.92 Å². The quantitative estimate of drug-likeness (QED) is 0.689. The van der Waals surface area contributed by atoms with Crippen molar-refractivity contribution in [3.8, 4) is 0 Å². The molecule has 0 saturated heterocycles. The third kappa shape index (κ3) is 5.53. The van der Waals surface area contributed by atoms with Crippen molar-refractivity contribution in [3.05, 3.63) is 50.4 Å². The molecule has 0 aliphatic rings. The van der Waals surface area contributed by atoms with Gasteiger partial charge in [0, 0.05) is 9.85 Å². The lowest BCUT2D eigenvalue weighted by molar-refractivity contribution is 0.466. The van der Waals surface area contributed by atoms with Crippen molar-refractivity contribution < 1.29 is 0 Å². The van der Waals surface area contributed by atoms with E-state index in [-0.39, 0.29) is 0 Å². The molecule has 2 nitrogen and oxygen atoms in total. The first-order chi connectivity index (χ1) is 10.2. The van der Waals surface area contributed by atoms with Gasteiger partial charge in [-0.25, -0.2) is 4.98 Å². The molecule has 21 heavy (non-hydrogen) atoms. The van der Waals surface area contributed by atoms with E-state index in [1.165, 1.54) is 22.2 Å². The Morgan fingerprint density at radius 2 is 2.10 bits per heavy atom. The molecule has 1 heterocycles. The van der Waals surface area contributed by atoms with Crippen LogP contribution in [-0.4, -0.2) is 18.1 Å². The van der Waals surface area contributed by atoms with Gasteiger partial charge in [0.05, 0.1) is 10.7 Å². The minimum Gasteiger partial charge on any atom is -0.316 e. The summed E-state index contributed by atoms with van der Waals surface area (Å²) in [5.74, 6) is 0.580. The van der Waals surface area contributed by atoms with Gasteiger partial charge in [-0.3, -0.25) is 0 Å². The molecule has 0 saturated carbocycles. The zero-order chi connectivity index (χ0) is 15.1. The van der Waals surface area contributed by atoms with Crippen LogP contribution in [0, 0.1) is 12.8 Å². The van der Waals surface area contributed by atoms with E-state index < -0.39 is 0 Å². The number of nitrogens with one attached hydrogen (secondary N) is 1. The Bertz CT molecular complexity index is 553. The Balaban J connectivity index is 2.02. The number of hydrogen-bond acceptors (Lipinski definition) is 3. The monoisotopic (exact) mass is 366 g/mol. The first-order valence-corrected chi connectivity index (χ1v) is 9.21. The van der Waals surface area contributed by atoms with E-state index in [4.69, 9.17) is 0 Å². The smallest absolute Gasteiger partial charge is 0.0897 e. The molecule has 0 spiro atoms. The second-order valence-electron chi connectivity index (χ2n) is 5.43. The van der Waals surface area contributed by atoms with E-state index in [1.54, 1.807) is 11.3 Å². The van der Waals surface area contributed by atoms with Gasteiger partial charge in [-0.2, -0.15) is 0 Å². The van der Waals surface area contributed by atoms with E-state index in [2.05, 4.69) is 69.7 Å². The molecule has 0 aliphatic heterocycles. The minimum atomic E-state index is 0.580. The van der Waals surface area contributed by atoms with Crippen LogP contribution in [0.15, 0.2) is 34.1 Å². The van der Waals surface area contributed by atoms with E-state index in [1.807, 2.05) is 0 Å². The van der Waals surface area contributed by atoms with Crippen LogP contribution in [0.3, 0.4) is 0 Å². The zero-order valence-electron chi connectivity index (χ0n) is 12.7. The summed E-state index contributed by atoms with van der Waals surface area (Å²) in [7, 11) is 0. The van der Waals surface area contributed by atoms with Crippen molar-refractivity contribution in [1.29, 1.82) is 0 Å². The highest BCUT2D eigenvalue weighted by atomic mass is 79.9. The van der Waals surface area contributed by atoms with E-state index in [0.717, 1.165) is 30.9 Å². The normalized spacial score (nSPS) is 12.5. The van der Waals surface area contributed by atoms with Crippen LogP contribution in [-0.2, 0) is 12.8 Å². The average Bonchev–Trinajstić information content (AvgIpc) is 2.87. The van der Waals surface area contributed by atoms with Gasteiger partial charge in [0.1, 0.15) is 0 Å². The lowest BCUT2D eigenvalue weighted by Gasteiger charge is -2.17. The predicted octanol–water partition coefficient (Wildman–Crippen LogP) is 4.62. The lowest BCUT2D eigenvalue weighted by atomic mass is 9.95. The number of hydrogen-bond donors (Lipinski definition) is 1. The highest BCUT2D eigenvalue weighted by molar-refractivity contribution is 9.10. The first-order valence-electron chi connectivity index (χ1n) is 7.54. The Kier molecular flexibility index (Phi) is 6.87. The van der Waals surface area contributed by atoms with Crippen molar-refractivity contribution in [2.75, 3.05) is 13.1 Å². The molecule has 2 rings (SSSR count). The van der Waals surface area contributed by atoms with Gasteiger partial charge in [-0.05, 0) is 56.8 Å². The molecule has 0 bridgehead atoms. The van der Waals surface area contributed by atoms with Crippen LogP contribution < -0.4 is 5.32 Å². The number of halogens is 1. The maximum Gasteiger partial charge on any atom is 0.0897 e. The molecule has 0 radical (unpaired) electrons. The van der Waals surface area contributed by atoms with Gasteiger partial charge in [0.15, 0.2) is 0 Å². The molecule has 114 valence electrons. The number of aryl methyl sites for hydroxylation is 1. The van der Waals surface area contributed by atoms with E-state index in [9.17, 15) is 0 Å². The van der Waals surface area contributed by atoms with Crippen LogP contribution in [0.1, 0.15) is 29.6 Å². The number of rotatable bonds is 8. The summed E-state index contributed by atoms with van der Waals surface area (Å²) in [6.07, 6.45) is 3.30. The molecule has 1 atom stereocenters. The van der Waals surface area contributed by atoms with Crippen LogP contribution in [0.5, 0.6) is 0 Å². The average molecular weight is 367 g/mol. The Morgan fingerprint density at radius 1 is 1.29 bits per heavy atom. The fraction of sp³-hybridized carbons (Fsp3) is 0.471. The highest BCUT2D eigenvalue weighted by Crippen LogP contribution is 2.22. The molecular formula is C17H23BrN2S. The third-order valence-corrected chi connectivity index (χ3v) is 5.09. The Hall–Kier alpha value is -0.710. The van der Waals surface area contributed by atoms with E-state index >= 15 is 0 Å². The summed E-state index contributed by atoms with van der Waals surface area (Å²) in [4.78, 5) is 4.62. The molecule has 0 aliphatic carbocycles. The molecular weight excluding hydrogens is 344 g/mol. The molecule has 1 unspecified atom stereocenters. The van der Waals surface area contributed by atoms with Gasteiger partial charge in [-0.15, -0.1) is 11.3 Å². The standard InChI is InChI=1S/C17H23BrN2S/c1-3-8-19-11-14(10-16-12-21-13(2)20-16)9-15-6-4-5-7-17(15)18/h4-7,12,14,19H,3,8-11H2,1-2H3. The highest BCUT2D eigenvalue weighted by Gasteiger charge is 2.14. The number of nitrogens with zero attached hydrogens (tertiary/aromatic N) is 1. The second kappa shape index (κ2) is 8.66. The summed E-state index contributed by atoms with van der Waals surface area (Å²) in [6.45, 7) is 6.42. The molecule has 1 N–H and O–H groups in total. The maximum atomic E-state index is 4.62. The zero-order valence-corrected chi connectivity index (χ0v) is 15.1. The van der Waals surface area contributed by atoms with Crippen LogP contribution in [0.25, 0.3) is 0 Å². The topological polar surface area (TPSA) is 24.9 Å². The number of aromatic nitrogens is 1. The largest absolute Gasteiger partial charge is 0.316 e. The van der Waals surface area contributed by atoms with Crippen molar-refractivity contribution in [2.24, 2.45) is 5.92 Å². The first kappa shape index (κ1) is 16.7. The van der Waals surface area contributed by atoms with Crippen LogP contribution in [0.4, 0.5) is 0 Å².